The summed E-state index contributed by atoms with van der Waals surface area (Å²) in [7, 11) is -3.39. The third kappa shape index (κ3) is 3.30. The average molecular weight is 270 g/mol. The number of amides is 1. The van der Waals surface area contributed by atoms with Gasteiger partial charge in [0.25, 0.3) is 0 Å². The predicted octanol–water partition coefficient (Wildman–Crippen LogP) is 1.16. The topological polar surface area (TPSA) is 89.3 Å². The first-order valence-electron chi connectivity index (χ1n) is 5.58. The van der Waals surface area contributed by atoms with Crippen molar-refractivity contribution in [3.8, 4) is 0 Å². The molecule has 0 heterocycles. The number of hydrogen-bond acceptors (Lipinski definition) is 4. The maximum absolute atomic E-state index is 11.9. The van der Waals surface area contributed by atoms with E-state index >= 15 is 0 Å². The Morgan fingerprint density at radius 3 is 2.44 bits per heavy atom. The van der Waals surface area contributed by atoms with Gasteiger partial charge in [0.05, 0.1) is 16.1 Å². The number of benzene rings is 1. The van der Waals surface area contributed by atoms with Crippen LogP contribution in [-0.2, 0) is 14.6 Å². The lowest BCUT2D eigenvalue weighted by atomic mass is 9.99. The average Bonchev–Trinajstić information content (AvgIpc) is 2.28. The molecule has 1 amide bonds. The number of carbonyl (C=O) groups is 1. The largest absolute Gasteiger partial charge is 0.323 e. The highest BCUT2D eigenvalue weighted by atomic mass is 32.2. The predicted molar refractivity (Wildman–Crippen MR) is 71.1 cm³/mol. The molecule has 0 radical (unpaired) electrons. The van der Waals surface area contributed by atoms with Crippen molar-refractivity contribution in [3.05, 3.63) is 24.3 Å². The lowest BCUT2D eigenvalue weighted by Gasteiger charge is -2.22. The van der Waals surface area contributed by atoms with Crippen LogP contribution in [0.3, 0.4) is 0 Å². The van der Waals surface area contributed by atoms with E-state index < -0.39 is 21.3 Å². The number of nitrogens with two attached hydrogens (primary N) is 1. The van der Waals surface area contributed by atoms with Gasteiger partial charge in [-0.2, -0.15) is 0 Å². The van der Waals surface area contributed by atoms with Gasteiger partial charge < -0.3 is 11.1 Å². The van der Waals surface area contributed by atoms with Crippen LogP contribution in [0.2, 0.25) is 0 Å². The highest BCUT2D eigenvalue weighted by Gasteiger charge is 2.27. The third-order valence-electron chi connectivity index (χ3n) is 2.79. The van der Waals surface area contributed by atoms with E-state index in [0.29, 0.717) is 6.42 Å². The van der Waals surface area contributed by atoms with Gasteiger partial charge in [0, 0.05) is 6.26 Å². The van der Waals surface area contributed by atoms with Crippen LogP contribution in [-0.4, -0.2) is 26.1 Å². The van der Waals surface area contributed by atoms with Gasteiger partial charge in [-0.25, -0.2) is 8.42 Å². The molecule has 0 aliphatic carbocycles. The molecule has 0 spiro atoms. The van der Waals surface area contributed by atoms with Crippen molar-refractivity contribution in [2.75, 3.05) is 11.6 Å². The number of sulfone groups is 1. The molecule has 5 nitrogen and oxygen atoms in total. The van der Waals surface area contributed by atoms with E-state index in [1.165, 1.54) is 6.07 Å². The molecule has 1 atom stereocenters. The van der Waals surface area contributed by atoms with Crippen molar-refractivity contribution in [2.45, 2.75) is 30.7 Å². The van der Waals surface area contributed by atoms with E-state index in [1.54, 1.807) is 32.0 Å². The number of nitrogens with one attached hydrogen (secondary N) is 1. The zero-order valence-electron chi connectivity index (χ0n) is 10.7. The molecular formula is C12H18N2O3S. The van der Waals surface area contributed by atoms with E-state index in [-0.39, 0.29) is 10.6 Å². The molecule has 100 valence electrons. The lowest BCUT2D eigenvalue weighted by Crippen LogP contribution is -2.47. The van der Waals surface area contributed by atoms with Crippen LogP contribution in [0.5, 0.6) is 0 Å². The maximum atomic E-state index is 11.9. The summed E-state index contributed by atoms with van der Waals surface area (Å²) in [4.78, 5) is 12.0. The van der Waals surface area contributed by atoms with E-state index in [0.717, 1.165) is 6.26 Å². The number of hydrogen-bond donors (Lipinski definition) is 2. The summed E-state index contributed by atoms with van der Waals surface area (Å²) in [5.74, 6) is -0.402. The Balaban J connectivity index is 3.11. The van der Waals surface area contributed by atoms with Gasteiger partial charge >= 0.3 is 0 Å². The fraction of sp³-hybridized carbons (Fsp3) is 0.417. The van der Waals surface area contributed by atoms with E-state index in [9.17, 15) is 13.2 Å². The van der Waals surface area contributed by atoms with Crippen molar-refractivity contribution in [1.82, 2.24) is 0 Å². The molecule has 1 rings (SSSR count). The molecular weight excluding hydrogens is 252 g/mol. The molecule has 0 saturated carbocycles. The minimum atomic E-state index is -3.39. The van der Waals surface area contributed by atoms with Gasteiger partial charge in [0.1, 0.15) is 0 Å². The van der Waals surface area contributed by atoms with E-state index in [2.05, 4.69) is 5.32 Å². The molecule has 0 aliphatic heterocycles. The smallest absolute Gasteiger partial charge is 0.244 e. The van der Waals surface area contributed by atoms with Gasteiger partial charge in [-0.1, -0.05) is 19.1 Å². The van der Waals surface area contributed by atoms with Gasteiger partial charge in [-0.05, 0) is 25.5 Å². The van der Waals surface area contributed by atoms with Crippen LogP contribution in [0.1, 0.15) is 20.3 Å². The molecule has 0 saturated heterocycles. The molecule has 0 aromatic heterocycles. The van der Waals surface area contributed by atoms with Crippen LogP contribution in [0, 0.1) is 0 Å². The molecule has 3 N–H and O–H groups in total. The fourth-order valence-electron chi connectivity index (χ4n) is 1.32. The Bertz CT molecular complexity index is 550. The third-order valence-corrected chi connectivity index (χ3v) is 3.94. The lowest BCUT2D eigenvalue weighted by molar-refractivity contribution is -0.120. The standard InChI is InChI=1S/C12H18N2O3S/c1-4-12(2,13)11(15)14-9-7-5-6-8-10(9)18(3,16)17/h5-8H,4,13H2,1-3H3,(H,14,15). The van der Waals surface area contributed by atoms with Gasteiger partial charge in [-0.15, -0.1) is 0 Å². The molecule has 18 heavy (non-hydrogen) atoms. The van der Waals surface area contributed by atoms with Crippen LogP contribution < -0.4 is 11.1 Å². The highest BCUT2D eigenvalue weighted by molar-refractivity contribution is 7.90. The van der Waals surface area contributed by atoms with Gasteiger partial charge in [0.15, 0.2) is 9.84 Å². The number of anilines is 1. The van der Waals surface area contributed by atoms with Crippen LogP contribution >= 0.6 is 0 Å². The molecule has 1 aromatic carbocycles. The summed E-state index contributed by atoms with van der Waals surface area (Å²) in [5.41, 5.74) is 5.04. The quantitative estimate of drug-likeness (QED) is 0.859. The molecule has 0 fully saturated rings. The van der Waals surface area contributed by atoms with Crippen molar-refractivity contribution in [2.24, 2.45) is 5.73 Å². The Kier molecular flexibility index (Phi) is 4.13. The Hall–Kier alpha value is -1.40. The molecule has 0 bridgehead atoms. The summed E-state index contributed by atoms with van der Waals surface area (Å²) >= 11 is 0. The summed E-state index contributed by atoms with van der Waals surface area (Å²) in [6.07, 6.45) is 1.55. The Labute approximate surface area is 107 Å². The summed E-state index contributed by atoms with van der Waals surface area (Å²) in [5, 5.41) is 2.57. The van der Waals surface area contributed by atoms with Crippen molar-refractivity contribution >= 4 is 21.4 Å². The van der Waals surface area contributed by atoms with E-state index in [1.807, 2.05) is 0 Å². The monoisotopic (exact) mass is 270 g/mol. The number of rotatable bonds is 4. The summed E-state index contributed by atoms with van der Waals surface area (Å²) < 4.78 is 23.1. The minimum absolute atomic E-state index is 0.0882. The second kappa shape index (κ2) is 5.07. The number of para-hydroxylation sites is 1. The van der Waals surface area contributed by atoms with Crippen LogP contribution in [0.4, 0.5) is 5.69 Å². The zero-order valence-corrected chi connectivity index (χ0v) is 11.5. The fourth-order valence-corrected chi connectivity index (χ4v) is 2.16. The van der Waals surface area contributed by atoms with Crippen LogP contribution in [0.15, 0.2) is 29.2 Å². The molecule has 1 aromatic rings. The molecule has 0 aliphatic rings. The SMILES string of the molecule is CCC(C)(N)C(=O)Nc1ccccc1S(C)(=O)=O. The zero-order chi connectivity index (χ0) is 14.0. The maximum Gasteiger partial charge on any atom is 0.244 e. The Morgan fingerprint density at radius 1 is 1.39 bits per heavy atom. The second-order valence-electron chi connectivity index (χ2n) is 4.49. The summed E-state index contributed by atoms with van der Waals surface area (Å²) in [6.45, 7) is 3.40. The molecule has 6 heteroatoms. The first kappa shape index (κ1) is 14.7. The Morgan fingerprint density at radius 2 is 1.94 bits per heavy atom. The first-order chi connectivity index (χ1) is 8.18. The first-order valence-corrected chi connectivity index (χ1v) is 7.47. The number of carbonyl (C=O) groups excluding carboxylic acids is 1. The van der Waals surface area contributed by atoms with Gasteiger partial charge in [0.2, 0.25) is 5.91 Å². The highest BCUT2D eigenvalue weighted by Crippen LogP contribution is 2.21. The second-order valence-corrected chi connectivity index (χ2v) is 6.48. The van der Waals surface area contributed by atoms with Gasteiger partial charge in [-0.3, -0.25) is 4.79 Å². The minimum Gasteiger partial charge on any atom is -0.323 e. The van der Waals surface area contributed by atoms with Crippen molar-refractivity contribution in [3.63, 3.8) is 0 Å². The van der Waals surface area contributed by atoms with Crippen LogP contribution in [0.25, 0.3) is 0 Å². The summed E-state index contributed by atoms with van der Waals surface area (Å²) in [6, 6.07) is 6.25. The normalized spacial score (nSPS) is 14.9. The van der Waals surface area contributed by atoms with Crippen molar-refractivity contribution in [1.29, 1.82) is 0 Å². The molecule has 1 unspecified atom stereocenters. The van der Waals surface area contributed by atoms with E-state index in [4.69, 9.17) is 5.73 Å². The van der Waals surface area contributed by atoms with Crippen molar-refractivity contribution < 1.29 is 13.2 Å².